The Kier molecular flexibility index (Phi) is 6.46. The predicted octanol–water partition coefficient (Wildman–Crippen LogP) is 6.18. The molecule has 0 amide bonds. The van der Waals surface area contributed by atoms with Gasteiger partial charge in [-0.1, -0.05) is 31.9 Å². The molecule has 0 fully saturated rings. The van der Waals surface area contributed by atoms with Crippen molar-refractivity contribution in [3.05, 3.63) is 69.9 Å². The molecule has 3 nitrogen and oxygen atoms in total. The van der Waals surface area contributed by atoms with Gasteiger partial charge in [0.1, 0.15) is 0 Å². The summed E-state index contributed by atoms with van der Waals surface area (Å²) >= 11 is 1.23. The quantitative estimate of drug-likeness (QED) is 0.268. The lowest BCUT2D eigenvalue weighted by atomic mass is 10.1. The summed E-state index contributed by atoms with van der Waals surface area (Å²) in [4.78, 5) is 17.2. The number of hydrogen-bond acceptors (Lipinski definition) is 4. The summed E-state index contributed by atoms with van der Waals surface area (Å²) in [5.74, 6) is -3.76. The van der Waals surface area contributed by atoms with Gasteiger partial charge in [0, 0.05) is 11.1 Å². The lowest BCUT2D eigenvalue weighted by molar-refractivity contribution is 0.0727. The maximum absolute atomic E-state index is 14.3. The van der Waals surface area contributed by atoms with Gasteiger partial charge >= 0.3 is 5.97 Å². The number of ether oxygens (including phenoxy) is 1. The molecule has 0 atom stereocenters. The number of benzene rings is 2. The van der Waals surface area contributed by atoms with Gasteiger partial charge in [-0.2, -0.15) is 0 Å². The van der Waals surface area contributed by atoms with Crippen LogP contribution in [0.4, 0.5) is 13.2 Å². The second kappa shape index (κ2) is 9.01. The van der Waals surface area contributed by atoms with Crippen LogP contribution < -0.4 is 4.74 Å². The summed E-state index contributed by atoms with van der Waals surface area (Å²) in [7, 11) is 0. The molecule has 3 rings (SSSR count). The largest absolute Gasteiger partial charge is 0.418 e. The molecule has 0 spiro atoms. The van der Waals surface area contributed by atoms with Crippen LogP contribution in [0.3, 0.4) is 0 Å². The van der Waals surface area contributed by atoms with Gasteiger partial charge in [-0.15, -0.1) is 11.3 Å². The van der Waals surface area contributed by atoms with Crippen molar-refractivity contribution in [2.45, 2.75) is 32.6 Å². The Morgan fingerprint density at radius 1 is 1.00 bits per heavy atom. The van der Waals surface area contributed by atoms with Crippen molar-refractivity contribution in [3.63, 3.8) is 0 Å². The van der Waals surface area contributed by atoms with E-state index in [0.29, 0.717) is 11.1 Å². The van der Waals surface area contributed by atoms with E-state index < -0.39 is 23.4 Å². The van der Waals surface area contributed by atoms with Crippen LogP contribution >= 0.6 is 11.3 Å². The van der Waals surface area contributed by atoms with Gasteiger partial charge in [0.25, 0.3) is 0 Å². The van der Waals surface area contributed by atoms with Gasteiger partial charge in [-0.05, 0) is 48.2 Å². The van der Waals surface area contributed by atoms with E-state index in [-0.39, 0.29) is 10.8 Å². The van der Waals surface area contributed by atoms with Gasteiger partial charge in [0.05, 0.1) is 0 Å². The molecule has 3 aromatic rings. The van der Waals surface area contributed by atoms with Crippen LogP contribution in [0.2, 0.25) is 0 Å². The topological polar surface area (TPSA) is 39.2 Å². The number of rotatable bonds is 7. The molecule has 146 valence electrons. The fourth-order valence-corrected chi connectivity index (χ4v) is 3.48. The Morgan fingerprint density at radius 2 is 1.71 bits per heavy atom. The van der Waals surface area contributed by atoms with E-state index >= 15 is 0 Å². The maximum atomic E-state index is 14.3. The number of halogens is 3. The second-order valence-electron chi connectivity index (χ2n) is 6.25. The highest BCUT2D eigenvalue weighted by Crippen LogP contribution is 2.28. The molecule has 7 heteroatoms. The second-order valence-corrected chi connectivity index (χ2v) is 7.37. The van der Waals surface area contributed by atoms with Crippen LogP contribution in [0.15, 0.2) is 42.6 Å². The molecule has 0 saturated heterocycles. The number of unbranched alkanes of at least 4 members (excludes halogenated alkanes) is 2. The first-order valence-electron chi connectivity index (χ1n) is 8.89. The maximum Gasteiger partial charge on any atom is 0.372 e. The van der Waals surface area contributed by atoms with E-state index in [1.807, 2.05) is 0 Å². The van der Waals surface area contributed by atoms with E-state index in [1.165, 1.54) is 29.5 Å². The van der Waals surface area contributed by atoms with Gasteiger partial charge < -0.3 is 4.74 Å². The number of hydrogen-bond donors (Lipinski definition) is 0. The fourth-order valence-electron chi connectivity index (χ4n) is 2.65. The lowest BCUT2D eigenvalue weighted by Crippen LogP contribution is -2.09. The van der Waals surface area contributed by atoms with Gasteiger partial charge in [-0.25, -0.2) is 22.9 Å². The molecule has 1 heterocycles. The highest BCUT2D eigenvalue weighted by atomic mass is 32.1. The summed E-state index contributed by atoms with van der Waals surface area (Å²) in [5, 5.41) is 0.163. The molecule has 0 unspecified atom stereocenters. The summed E-state index contributed by atoms with van der Waals surface area (Å²) in [5.41, 5.74) is 0.649. The minimum Gasteiger partial charge on any atom is -0.418 e. The lowest BCUT2D eigenvalue weighted by Gasteiger charge is -2.07. The molecule has 28 heavy (non-hydrogen) atoms. The molecule has 2 aromatic carbocycles. The van der Waals surface area contributed by atoms with Crippen molar-refractivity contribution in [1.82, 2.24) is 4.98 Å². The van der Waals surface area contributed by atoms with E-state index in [1.54, 1.807) is 6.20 Å². The zero-order valence-electron chi connectivity index (χ0n) is 15.2. The number of aromatic nitrogens is 1. The average molecular weight is 405 g/mol. The Bertz CT molecular complexity index is 988. The van der Waals surface area contributed by atoms with Crippen molar-refractivity contribution >= 4 is 17.3 Å². The molecule has 0 aliphatic rings. The molecule has 0 aliphatic heterocycles. The van der Waals surface area contributed by atoms with E-state index in [4.69, 9.17) is 4.74 Å². The first-order valence-corrected chi connectivity index (χ1v) is 9.71. The van der Waals surface area contributed by atoms with E-state index in [2.05, 4.69) is 11.9 Å². The first-order chi connectivity index (χ1) is 13.5. The molecule has 0 N–H and O–H groups in total. The zero-order chi connectivity index (χ0) is 20.1. The van der Waals surface area contributed by atoms with Crippen LogP contribution in [0.1, 0.15) is 40.9 Å². The van der Waals surface area contributed by atoms with Gasteiger partial charge in [-0.3, -0.25) is 0 Å². The monoisotopic (exact) mass is 405 g/mol. The number of thiazole rings is 1. The minimum absolute atomic E-state index is 0.163. The normalized spacial score (nSPS) is 10.9. The molecule has 0 bridgehead atoms. The Labute approximate surface area is 164 Å². The van der Waals surface area contributed by atoms with Crippen LogP contribution in [-0.4, -0.2) is 11.0 Å². The first kappa shape index (κ1) is 20.1. The van der Waals surface area contributed by atoms with E-state index in [0.717, 1.165) is 48.8 Å². The van der Waals surface area contributed by atoms with Crippen molar-refractivity contribution in [1.29, 1.82) is 0 Å². The summed E-state index contributed by atoms with van der Waals surface area (Å²) in [6, 6.07) is 7.14. The third-order valence-electron chi connectivity index (χ3n) is 4.14. The van der Waals surface area contributed by atoms with Crippen molar-refractivity contribution < 1.29 is 22.7 Å². The van der Waals surface area contributed by atoms with Crippen LogP contribution in [-0.2, 0) is 6.42 Å². The molecular weight excluding hydrogens is 387 g/mol. The average Bonchev–Trinajstić information content (AvgIpc) is 3.15. The number of nitrogens with zero attached hydrogens (tertiary/aromatic N) is 1. The summed E-state index contributed by atoms with van der Waals surface area (Å²) in [6.45, 7) is 2.11. The van der Waals surface area contributed by atoms with Gasteiger partial charge in [0.2, 0.25) is 5.01 Å². The summed E-state index contributed by atoms with van der Waals surface area (Å²) < 4.78 is 45.8. The Hall–Kier alpha value is -2.67. The Balaban J connectivity index is 1.70. The Morgan fingerprint density at radius 3 is 2.39 bits per heavy atom. The van der Waals surface area contributed by atoms with Crippen molar-refractivity contribution in [3.8, 4) is 16.9 Å². The third kappa shape index (κ3) is 4.78. The van der Waals surface area contributed by atoms with Gasteiger partial charge in [0.15, 0.2) is 23.2 Å². The van der Waals surface area contributed by atoms with Crippen molar-refractivity contribution in [2.75, 3.05) is 0 Å². The smallest absolute Gasteiger partial charge is 0.372 e. The minimum atomic E-state index is -1.02. The number of carbonyl (C=O) groups excluding carboxylic acids is 1. The predicted molar refractivity (Wildman–Crippen MR) is 102 cm³/mol. The third-order valence-corrected chi connectivity index (χ3v) is 5.18. The highest BCUT2D eigenvalue weighted by molar-refractivity contribution is 7.13. The molecule has 1 aromatic heterocycles. The van der Waals surface area contributed by atoms with Crippen LogP contribution in [0, 0.1) is 17.5 Å². The number of esters is 1. The standard InChI is InChI=1S/C21H18F3NO2S/c1-2-3-4-5-15-12-25-20(28-15)21(26)27-19-9-7-14(11-18(19)24)13-6-8-16(22)17(23)10-13/h6-12H,2-5H2,1H3. The number of aryl methyl sites for hydroxylation is 1. The van der Waals surface area contributed by atoms with E-state index in [9.17, 15) is 18.0 Å². The van der Waals surface area contributed by atoms with Crippen LogP contribution in [0.5, 0.6) is 5.75 Å². The van der Waals surface area contributed by atoms with Crippen LogP contribution in [0.25, 0.3) is 11.1 Å². The highest BCUT2D eigenvalue weighted by Gasteiger charge is 2.17. The molecule has 0 radical (unpaired) electrons. The fraction of sp³-hybridized carbons (Fsp3) is 0.238. The summed E-state index contributed by atoms with van der Waals surface area (Å²) in [6.07, 6.45) is 5.71. The zero-order valence-corrected chi connectivity index (χ0v) is 16.0. The molecule has 0 aliphatic carbocycles. The molecule has 0 saturated carbocycles. The molecular formula is C21H18F3NO2S. The van der Waals surface area contributed by atoms with Crippen molar-refractivity contribution in [2.24, 2.45) is 0 Å². The number of carbonyl (C=O) groups is 1. The SMILES string of the molecule is CCCCCc1cnc(C(=O)Oc2ccc(-c3ccc(F)c(F)c3)cc2F)s1.